The zero-order valence-electron chi connectivity index (χ0n) is 16.8. The summed E-state index contributed by atoms with van der Waals surface area (Å²) in [4.78, 5) is 35.9. The van der Waals surface area contributed by atoms with Gasteiger partial charge in [-0.3, -0.25) is 9.59 Å². The first-order valence-corrected chi connectivity index (χ1v) is 9.67. The van der Waals surface area contributed by atoms with E-state index in [4.69, 9.17) is 0 Å². The van der Waals surface area contributed by atoms with Crippen molar-refractivity contribution in [3.8, 4) is 0 Å². The van der Waals surface area contributed by atoms with Gasteiger partial charge >= 0.3 is 6.03 Å². The van der Waals surface area contributed by atoms with Gasteiger partial charge in [0.2, 0.25) is 5.91 Å². The van der Waals surface area contributed by atoms with E-state index in [1.54, 1.807) is 48.5 Å². The van der Waals surface area contributed by atoms with E-state index in [1.165, 1.54) is 0 Å². The van der Waals surface area contributed by atoms with E-state index in [0.717, 1.165) is 12.1 Å². The number of hydrogen-bond acceptors (Lipinski definition) is 3. The quantitative estimate of drug-likeness (QED) is 0.441. The van der Waals surface area contributed by atoms with Crippen molar-refractivity contribution in [1.82, 2.24) is 5.32 Å². The smallest absolute Gasteiger partial charge is 0.323 e. The molecule has 0 bridgehead atoms. The van der Waals surface area contributed by atoms with E-state index in [9.17, 15) is 23.2 Å². The number of urea groups is 1. The predicted molar refractivity (Wildman–Crippen MR) is 117 cm³/mol. The molecule has 0 aliphatic rings. The van der Waals surface area contributed by atoms with Gasteiger partial charge in [-0.1, -0.05) is 18.2 Å². The molecule has 0 heterocycles. The molecule has 0 saturated heterocycles. The van der Waals surface area contributed by atoms with Gasteiger partial charge < -0.3 is 21.3 Å². The van der Waals surface area contributed by atoms with Gasteiger partial charge in [-0.2, -0.15) is 0 Å². The maximum atomic E-state index is 13.6. The number of nitrogens with one attached hydrogen (secondary N) is 4. The molecule has 9 heteroatoms. The van der Waals surface area contributed by atoms with Crippen LogP contribution in [0, 0.1) is 11.6 Å². The van der Waals surface area contributed by atoms with Crippen molar-refractivity contribution in [3.05, 3.63) is 90.0 Å². The van der Waals surface area contributed by atoms with Crippen LogP contribution in [0.4, 0.5) is 30.6 Å². The van der Waals surface area contributed by atoms with Crippen LogP contribution in [0.1, 0.15) is 16.8 Å². The topological polar surface area (TPSA) is 99.3 Å². The summed E-state index contributed by atoms with van der Waals surface area (Å²) in [5.74, 6) is -2.86. The highest BCUT2D eigenvalue weighted by molar-refractivity contribution is 6.00. The number of carbonyl (C=O) groups excluding carboxylic acids is 3. The lowest BCUT2D eigenvalue weighted by Crippen LogP contribution is -2.28. The Morgan fingerprint density at radius 3 is 1.94 bits per heavy atom. The Morgan fingerprint density at radius 2 is 1.31 bits per heavy atom. The van der Waals surface area contributed by atoms with Crippen molar-refractivity contribution in [1.29, 1.82) is 0 Å². The third-order valence-electron chi connectivity index (χ3n) is 4.27. The van der Waals surface area contributed by atoms with E-state index in [2.05, 4.69) is 21.3 Å². The van der Waals surface area contributed by atoms with Gasteiger partial charge in [0, 0.05) is 36.1 Å². The Labute approximate surface area is 182 Å². The molecule has 0 spiro atoms. The molecule has 0 aliphatic heterocycles. The summed E-state index contributed by atoms with van der Waals surface area (Å²) in [6.07, 6.45) is -0.0476. The van der Waals surface area contributed by atoms with E-state index in [-0.39, 0.29) is 24.4 Å². The number of para-hydroxylation sites is 1. The fourth-order valence-corrected chi connectivity index (χ4v) is 2.73. The monoisotopic (exact) mass is 438 g/mol. The van der Waals surface area contributed by atoms with Crippen molar-refractivity contribution in [2.24, 2.45) is 0 Å². The molecule has 32 heavy (non-hydrogen) atoms. The van der Waals surface area contributed by atoms with Gasteiger partial charge in [-0.15, -0.1) is 0 Å². The molecule has 3 aromatic rings. The summed E-state index contributed by atoms with van der Waals surface area (Å²) in [6, 6.07) is 17.7. The van der Waals surface area contributed by atoms with E-state index in [1.807, 2.05) is 6.07 Å². The molecule has 3 aromatic carbocycles. The Balaban J connectivity index is 1.42. The Morgan fingerprint density at radius 1 is 0.719 bits per heavy atom. The maximum Gasteiger partial charge on any atom is 0.323 e. The van der Waals surface area contributed by atoms with Crippen LogP contribution in [-0.2, 0) is 4.79 Å². The van der Waals surface area contributed by atoms with Gasteiger partial charge in [0.05, 0.1) is 5.56 Å². The molecule has 0 aliphatic carbocycles. The van der Waals surface area contributed by atoms with Crippen molar-refractivity contribution in [3.63, 3.8) is 0 Å². The number of anilines is 3. The lowest BCUT2D eigenvalue weighted by Gasteiger charge is -2.10. The standard InChI is InChI=1S/C23H20F2N4O3/c24-15-6-11-19(20(25)14-15)22(31)26-13-12-21(30)27-17-7-9-18(10-8-17)29-23(32)28-16-4-2-1-3-5-16/h1-11,14H,12-13H2,(H,26,31)(H,27,30)(H2,28,29,32). The van der Waals surface area contributed by atoms with Gasteiger partial charge in [-0.05, 0) is 48.5 Å². The summed E-state index contributed by atoms with van der Waals surface area (Å²) < 4.78 is 26.5. The minimum absolute atomic E-state index is 0.0270. The van der Waals surface area contributed by atoms with Crippen molar-refractivity contribution >= 4 is 34.9 Å². The van der Waals surface area contributed by atoms with E-state index in [0.29, 0.717) is 23.1 Å². The minimum Gasteiger partial charge on any atom is -0.351 e. The van der Waals surface area contributed by atoms with Crippen LogP contribution < -0.4 is 21.3 Å². The molecule has 0 fully saturated rings. The third-order valence-corrected chi connectivity index (χ3v) is 4.27. The summed E-state index contributed by atoms with van der Waals surface area (Å²) in [6.45, 7) is -0.0270. The highest BCUT2D eigenvalue weighted by Gasteiger charge is 2.12. The van der Waals surface area contributed by atoms with E-state index >= 15 is 0 Å². The summed E-state index contributed by atoms with van der Waals surface area (Å²) in [5.41, 5.74) is 1.39. The first-order chi connectivity index (χ1) is 15.4. The second-order valence-corrected chi connectivity index (χ2v) is 6.70. The van der Waals surface area contributed by atoms with Crippen LogP contribution >= 0.6 is 0 Å². The highest BCUT2D eigenvalue weighted by Crippen LogP contribution is 2.15. The second-order valence-electron chi connectivity index (χ2n) is 6.70. The Bertz CT molecular complexity index is 1110. The number of benzene rings is 3. The lowest BCUT2D eigenvalue weighted by atomic mass is 10.2. The molecule has 0 aromatic heterocycles. The van der Waals surface area contributed by atoms with Crippen molar-refractivity contribution in [2.75, 3.05) is 22.5 Å². The lowest BCUT2D eigenvalue weighted by molar-refractivity contribution is -0.116. The fourth-order valence-electron chi connectivity index (χ4n) is 2.73. The van der Waals surface area contributed by atoms with Crippen molar-refractivity contribution < 1.29 is 23.2 Å². The maximum absolute atomic E-state index is 13.6. The molecule has 4 amide bonds. The normalized spacial score (nSPS) is 10.2. The van der Waals surface area contributed by atoms with Crippen LogP contribution in [0.3, 0.4) is 0 Å². The number of carbonyl (C=O) groups is 3. The summed E-state index contributed by atoms with van der Waals surface area (Å²) in [7, 11) is 0. The molecule has 0 radical (unpaired) electrons. The molecule has 0 atom stereocenters. The molecule has 7 nitrogen and oxygen atoms in total. The number of amides is 4. The Hall–Kier alpha value is -4.27. The van der Waals surface area contributed by atoms with Crippen LogP contribution in [0.2, 0.25) is 0 Å². The van der Waals surface area contributed by atoms with Gasteiger partial charge in [0.25, 0.3) is 5.91 Å². The SMILES string of the molecule is O=C(CCNC(=O)c1ccc(F)cc1F)Nc1ccc(NC(=O)Nc2ccccc2)cc1. The number of rotatable bonds is 7. The molecular weight excluding hydrogens is 418 g/mol. The molecular formula is C23H20F2N4O3. The fraction of sp³-hybridized carbons (Fsp3) is 0.0870. The molecule has 4 N–H and O–H groups in total. The highest BCUT2D eigenvalue weighted by atomic mass is 19.1. The van der Waals surface area contributed by atoms with Crippen LogP contribution in [0.25, 0.3) is 0 Å². The van der Waals surface area contributed by atoms with Gasteiger partial charge in [0.15, 0.2) is 0 Å². The van der Waals surface area contributed by atoms with Crippen LogP contribution in [-0.4, -0.2) is 24.4 Å². The number of hydrogen-bond donors (Lipinski definition) is 4. The van der Waals surface area contributed by atoms with E-state index < -0.39 is 23.6 Å². The van der Waals surface area contributed by atoms with Crippen LogP contribution in [0.15, 0.2) is 72.8 Å². The third kappa shape index (κ3) is 6.63. The minimum atomic E-state index is -0.974. The second kappa shape index (κ2) is 10.7. The molecule has 0 unspecified atom stereocenters. The molecule has 3 rings (SSSR count). The van der Waals surface area contributed by atoms with Gasteiger partial charge in [0.1, 0.15) is 11.6 Å². The first-order valence-electron chi connectivity index (χ1n) is 9.67. The summed E-state index contributed by atoms with van der Waals surface area (Å²) in [5, 5.41) is 10.4. The molecule has 0 saturated carbocycles. The predicted octanol–water partition coefficient (Wildman–Crippen LogP) is 4.37. The van der Waals surface area contributed by atoms with Gasteiger partial charge in [-0.25, -0.2) is 13.6 Å². The Kier molecular flexibility index (Phi) is 7.47. The average Bonchev–Trinajstić information content (AvgIpc) is 2.75. The first kappa shape index (κ1) is 22.4. The van der Waals surface area contributed by atoms with Crippen molar-refractivity contribution in [2.45, 2.75) is 6.42 Å². The largest absolute Gasteiger partial charge is 0.351 e. The average molecular weight is 438 g/mol. The zero-order valence-corrected chi connectivity index (χ0v) is 16.8. The molecule has 164 valence electrons. The van der Waals surface area contributed by atoms with Crippen LogP contribution in [0.5, 0.6) is 0 Å². The summed E-state index contributed by atoms with van der Waals surface area (Å²) >= 11 is 0. The number of halogens is 2. The zero-order chi connectivity index (χ0) is 22.9.